The van der Waals surface area contributed by atoms with Crippen LogP contribution in [0.15, 0.2) is 18.2 Å². The molecule has 0 unspecified atom stereocenters. The van der Waals surface area contributed by atoms with Gasteiger partial charge in [0.05, 0.1) is 5.60 Å². The molecule has 0 saturated heterocycles. The molecule has 0 radical (unpaired) electrons. The minimum absolute atomic E-state index is 0.167. The van der Waals surface area contributed by atoms with Crippen molar-refractivity contribution in [3.8, 4) is 0 Å². The second-order valence-electron chi connectivity index (χ2n) is 5.19. The molecule has 98 valence electrons. The SMILES string of the molecule is Cc1ccc(N)cc1C(=O)NCC1(O)CCCC1. The van der Waals surface area contributed by atoms with Crippen LogP contribution in [0.3, 0.4) is 0 Å². The molecule has 4 N–H and O–H groups in total. The second kappa shape index (κ2) is 4.98. The lowest BCUT2D eigenvalue weighted by Crippen LogP contribution is -2.40. The first-order valence-corrected chi connectivity index (χ1v) is 6.37. The van der Waals surface area contributed by atoms with Gasteiger partial charge < -0.3 is 16.2 Å². The van der Waals surface area contributed by atoms with E-state index in [1.807, 2.05) is 13.0 Å². The minimum atomic E-state index is -0.718. The highest BCUT2D eigenvalue weighted by Gasteiger charge is 2.31. The molecule has 1 aliphatic carbocycles. The monoisotopic (exact) mass is 248 g/mol. The van der Waals surface area contributed by atoms with Gasteiger partial charge in [0.25, 0.3) is 5.91 Å². The molecule has 1 aromatic rings. The van der Waals surface area contributed by atoms with Crippen molar-refractivity contribution < 1.29 is 9.90 Å². The van der Waals surface area contributed by atoms with Gasteiger partial charge in [0.15, 0.2) is 0 Å². The number of hydrogen-bond donors (Lipinski definition) is 3. The van der Waals surface area contributed by atoms with Gasteiger partial charge in [-0.05, 0) is 37.5 Å². The Labute approximate surface area is 107 Å². The third-order valence-corrected chi connectivity index (χ3v) is 3.62. The maximum Gasteiger partial charge on any atom is 0.251 e. The smallest absolute Gasteiger partial charge is 0.251 e. The number of amides is 1. The summed E-state index contributed by atoms with van der Waals surface area (Å²) >= 11 is 0. The fraction of sp³-hybridized carbons (Fsp3) is 0.500. The molecular weight excluding hydrogens is 228 g/mol. The molecule has 0 heterocycles. The van der Waals surface area contributed by atoms with Crippen molar-refractivity contribution in [1.29, 1.82) is 0 Å². The van der Waals surface area contributed by atoms with Crippen molar-refractivity contribution in [3.05, 3.63) is 29.3 Å². The van der Waals surface area contributed by atoms with Crippen molar-refractivity contribution >= 4 is 11.6 Å². The van der Waals surface area contributed by atoms with E-state index in [-0.39, 0.29) is 5.91 Å². The normalized spacial score (nSPS) is 17.7. The van der Waals surface area contributed by atoms with E-state index in [9.17, 15) is 9.90 Å². The number of hydrogen-bond acceptors (Lipinski definition) is 3. The number of carbonyl (C=O) groups is 1. The average Bonchev–Trinajstić information content (AvgIpc) is 2.77. The van der Waals surface area contributed by atoms with Crippen molar-refractivity contribution in [2.24, 2.45) is 0 Å². The molecule has 2 rings (SSSR count). The minimum Gasteiger partial charge on any atom is -0.399 e. The van der Waals surface area contributed by atoms with Crippen LogP contribution in [0.4, 0.5) is 5.69 Å². The summed E-state index contributed by atoms with van der Waals surface area (Å²) in [7, 11) is 0. The summed E-state index contributed by atoms with van der Waals surface area (Å²) in [6, 6.07) is 5.27. The first kappa shape index (κ1) is 12.9. The van der Waals surface area contributed by atoms with Crippen molar-refractivity contribution in [2.75, 3.05) is 12.3 Å². The Morgan fingerprint density at radius 2 is 2.11 bits per heavy atom. The topological polar surface area (TPSA) is 75.4 Å². The highest BCUT2D eigenvalue weighted by molar-refractivity contribution is 5.96. The molecule has 1 amide bonds. The number of aliphatic hydroxyl groups is 1. The molecule has 0 bridgehead atoms. The number of nitrogens with one attached hydrogen (secondary N) is 1. The van der Waals surface area contributed by atoms with Crippen LogP contribution in [-0.4, -0.2) is 23.2 Å². The van der Waals surface area contributed by atoms with Crippen LogP contribution >= 0.6 is 0 Å². The standard InChI is InChI=1S/C14H20N2O2/c1-10-4-5-11(15)8-12(10)13(17)16-9-14(18)6-2-3-7-14/h4-5,8,18H,2-3,6-7,9,15H2,1H3,(H,16,17). The van der Waals surface area contributed by atoms with E-state index in [1.54, 1.807) is 12.1 Å². The molecule has 0 aromatic heterocycles. The zero-order valence-electron chi connectivity index (χ0n) is 10.7. The highest BCUT2D eigenvalue weighted by atomic mass is 16.3. The number of carbonyl (C=O) groups excluding carboxylic acids is 1. The van der Waals surface area contributed by atoms with E-state index < -0.39 is 5.60 Å². The van der Waals surface area contributed by atoms with Gasteiger partial charge in [0, 0.05) is 17.8 Å². The molecule has 4 heteroatoms. The van der Waals surface area contributed by atoms with Crippen molar-refractivity contribution in [3.63, 3.8) is 0 Å². The summed E-state index contributed by atoms with van der Waals surface area (Å²) in [4.78, 5) is 12.0. The van der Waals surface area contributed by atoms with Crippen LogP contribution in [0.25, 0.3) is 0 Å². The lowest BCUT2D eigenvalue weighted by molar-refractivity contribution is 0.0449. The highest BCUT2D eigenvalue weighted by Crippen LogP contribution is 2.28. The average molecular weight is 248 g/mol. The Hall–Kier alpha value is -1.55. The molecule has 1 aliphatic rings. The molecule has 0 aliphatic heterocycles. The maximum atomic E-state index is 12.0. The fourth-order valence-electron chi connectivity index (χ4n) is 2.43. The number of anilines is 1. The molecule has 0 atom stereocenters. The fourth-order valence-corrected chi connectivity index (χ4v) is 2.43. The summed E-state index contributed by atoms with van der Waals surface area (Å²) in [5.74, 6) is -0.167. The quantitative estimate of drug-likeness (QED) is 0.711. The zero-order chi connectivity index (χ0) is 13.2. The van der Waals surface area contributed by atoms with Gasteiger partial charge in [-0.15, -0.1) is 0 Å². The van der Waals surface area contributed by atoms with Crippen molar-refractivity contribution in [1.82, 2.24) is 5.32 Å². The third-order valence-electron chi connectivity index (χ3n) is 3.62. The first-order chi connectivity index (χ1) is 8.50. The number of nitrogens with two attached hydrogens (primary N) is 1. The van der Waals surface area contributed by atoms with Crippen LogP contribution in [0.5, 0.6) is 0 Å². The van der Waals surface area contributed by atoms with Gasteiger partial charge in [0.2, 0.25) is 0 Å². The first-order valence-electron chi connectivity index (χ1n) is 6.37. The molecule has 1 fully saturated rings. The zero-order valence-corrected chi connectivity index (χ0v) is 10.7. The van der Waals surface area contributed by atoms with E-state index in [0.29, 0.717) is 17.8 Å². The predicted molar refractivity (Wildman–Crippen MR) is 71.3 cm³/mol. The molecule has 1 aromatic carbocycles. The van der Waals surface area contributed by atoms with E-state index in [2.05, 4.69) is 5.32 Å². The molecular formula is C14H20N2O2. The number of nitrogen functional groups attached to an aromatic ring is 1. The van der Waals surface area contributed by atoms with Gasteiger partial charge in [-0.3, -0.25) is 4.79 Å². The molecule has 1 saturated carbocycles. The summed E-state index contributed by atoms with van der Waals surface area (Å²) in [6.07, 6.45) is 3.60. The summed E-state index contributed by atoms with van der Waals surface area (Å²) in [6.45, 7) is 2.19. The third kappa shape index (κ3) is 2.82. The van der Waals surface area contributed by atoms with Crippen LogP contribution in [0.2, 0.25) is 0 Å². The second-order valence-corrected chi connectivity index (χ2v) is 5.19. The van der Waals surface area contributed by atoms with Gasteiger partial charge in [-0.25, -0.2) is 0 Å². The maximum absolute atomic E-state index is 12.0. The van der Waals surface area contributed by atoms with Gasteiger partial charge >= 0.3 is 0 Å². The summed E-state index contributed by atoms with van der Waals surface area (Å²) < 4.78 is 0. The molecule has 4 nitrogen and oxygen atoms in total. The molecule has 18 heavy (non-hydrogen) atoms. The van der Waals surface area contributed by atoms with E-state index in [1.165, 1.54) is 0 Å². The van der Waals surface area contributed by atoms with E-state index >= 15 is 0 Å². The van der Waals surface area contributed by atoms with E-state index in [0.717, 1.165) is 31.2 Å². The van der Waals surface area contributed by atoms with Crippen LogP contribution in [-0.2, 0) is 0 Å². The Kier molecular flexibility index (Phi) is 3.57. The lowest BCUT2D eigenvalue weighted by Gasteiger charge is -2.22. The van der Waals surface area contributed by atoms with Gasteiger partial charge in [-0.1, -0.05) is 18.9 Å². The Balaban J connectivity index is 2.01. The van der Waals surface area contributed by atoms with Gasteiger partial charge in [0.1, 0.15) is 0 Å². The van der Waals surface area contributed by atoms with Crippen LogP contribution in [0, 0.1) is 6.92 Å². The van der Waals surface area contributed by atoms with Gasteiger partial charge in [-0.2, -0.15) is 0 Å². The largest absolute Gasteiger partial charge is 0.399 e. The van der Waals surface area contributed by atoms with Crippen LogP contribution < -0.4 is 11.1 Å². The Morgan fingerprint density at radius 3 is 2.78 bits per heavy atom. The molecule has 0 spiro atoms. The van der Waals surface area contributed by atoms with E-state index in [4.69, 9.17) is 5.73 Å². The van der Waals surface area contributed by atoms with Crippen molar-refractivity contribution in [2.45, 2.75) is 38.2 Å². The summed E-state index contributed by atoms with van der Waals surface area (Å²) in [5, 5.41) is 13.0. The number of benzene rings is 1. The number of rotatable bonds is 3. The Bertz CT molecular complexity index is 451. The number of aryl methyl sites for hydroxylation is 1. The lowest BCUT2D eigenvalue weighted by atomic mass is 10.0. The predicted octanol–water partition coefficient (Wildman–Crippen LogP) is 1.61. The Morgan fingerprint density at radius 1 is 1.44 bits per heavy atom. The van der Waals surface area contributed by atoms with Crippen LogP contribution in [0.1, 0.15) is 41.6 Å². The summed E-state index contributed by atoms with van der Waals surface area (Å²) in [5.41, 5.74) is 7.01.